The number of nitrogens with zero attached hydrogens (tertiary/aromatic N) is 5. The minimum atomic E-state index is -0.139. The lowest BCUT2D eigenvalue weighted by Crippen LogP contribution is -2.42. The van der Waals surface area contributed by atoms with Crippen molar-refractivity contribution >= 4 is 44.2 Å². The number of piperidine rings is 2. The van der Waals surface area contributed by atoms with Gasteiger partial charge in [0.2, 0.25) is 0 Å². The molecule has 3 aliphatic heterocycles. The van der Waals surface area contributed by atoms with Crippen LogP contribution in [0.5, 0.6) is 0 Å². The Hall–Kier alpha value is -2.91. The maximum absolute atomic E-state index is 10.0. The Kier molecular flexibility index (Phi) is 7.50. The normalized spacial score (nSPS) is 21.7. The molecule has 8 nitrogen and oxygen atoms in total. The van der Waals surface area contributed by atoms with E-state index >= 15 is 0 Å². The molecule has 0 saturated carbocycles. The van der Waals surface area contributed by atoms with E-state index in [-0.39, 0.29) is 12.2 Å². The summed E-state index contributed by atoms with van der Waals surface area (Å²) in [5.41, 5.74) is 7.12. The molecule has 7 rings (SSSR count). The van der Waals surface area contributed by atoms with Crippen molar-refractivity contribution < 1.29 is 10.2 Å². The van der Waals surface area contributed by atoms with Crippen molar-refractivity contribution in [1.82, 2.24) is 19.4 Å². The van der Waals surface area contributed by atoms with Gasteiger partial charge in [-0.05, 0) is 55.9 Å². The first-order valence-corrected chi connectivity index (χ1v) is 15.7. The molecular weight excluding hydrogens is 512 g/mol. The van der Waals surface area contributed by atoms with Gasteiger partial charge >= 0.3 is 0 Å². The quantitative estimate of drug-likeness (QED) is 0.316. The minimum absolute atomic E-state index is 0.130. The van der Waals surface area contributed by atoms with E-state index in [1.807, 2.05) is 0 Å². The number of aliphatic hydroxyl groups excluding tert-OH is 2. The van der Waals surface area contributed by atoms with Gasteiger partial charge in [0, 0.05) is 81.9 Å². The van der Waals surface area contributed by atoms with Crippen LogP contribution in [0.2, 0.25) is 0 Å². The molecule has 0 unspecified atom stereocenters. The van der Waals surface area contributed by atoms with Crippen LogP contribution >= 0.6 is 0 Å². The van der Waals surface area contributed by atoms with Gasteiger partial charge in [0.1, 0.15) is 0 Å². The van der Waals surface area contributed by atoms with Gasteiger partial charge in [0.25, 0.3) is 0 Å². The Morgan fingerprint density at radius 2 is 1.54 bits per heavy atom. The molecule has 8 heteroatoms. The fraction of sp³-hybridized carbons (Fsp3) is 0.545. The number of aliphatic hydroxyl groups is 2. The van der Waals surface area contributed by atoms with Crippen molar-refractivity contribution in [3.05, 3.63) is 42.5 Å². The molecule has 1 atom stereocenters. The predicted octanol–water partition coefficient (Wildman–Crippen LogP) is 4.12. The number of para-hydroxylation sites is 1. The van der Waals surface area contributed by atoms with Gasteiger partial charge in [-0.25, -0.2) is 4.98 Å². The second-order valence-electron chi connectivity index (χ2n) is 12.6. The van der Waals surface area contributed by atoms with E-state index in [1.165, 1.54) is 27.5 Å². The van der Waals surface area contributed by atoms with Gasteiger partial charge in [-0.15, -0.1) is 0 Å². The van der Waals surface area contributed by atoms with Crippen LogP contribution in [0.15, 0.2) is 42.5 Å². The number of aromatic nitrogens is 2. The van der Waals surface area contributed by atoms with E-state index in [0.29, 0.717) is 5.92 Å². The number of fused-ring (bicyclic) bond motifs is 5. The SMILES string of the molecule is C[C@H]1CN(CCN2CCC(O)CC2)c2c3ccc(NCCN4CCC(O)CC4)cc3nc3c4ccccc4n(c23)C1. The van der Waals surface area contributed by atoms with Crippen LogP contribution in [0.3, 0.4) is 0 Å². The lowest BCUT2D eigenvalue weighted by molar-refractivity contribution is 0.0837. The van der Waals surface area contributed by atoms with Gasteiger partial charge in [-0.2, -0.15) is 0 Å². The fourth-order valence-electron chi connectivity index (χ4n) is 7.28. The molecule has 2 saturated heterocycles. The molecule has 3 N–H and O–H groups in total. The molecule has 0 aliphatic carbocycles. The summed E-state index contributed by atoms with van der Waals surface area (Å²) >= 11 is 0. The number of nitrogens with one attached hydrogen (secondary N) is 1. The largest absolute Gasteiger partial charge is 0.393 e. The van der Waals surface area contributed by atoms with Crippen molar-refractivity contribution in [2.24, 2.45) is 5.92 Å². The van der Waals surface area contributed by atoms with E-state index in [2.05, 4.69) is 74.0 Å². The molecule has 2 aromatic heterocycles. The van der Waals surface area contributed by atoms with E-state index < -0.39 is 0 Å². The summed E-state index contributed by atoms with van der Waals surface area (Å²) in [6.45, 7) is 12.1. The highest BCUT2D eigenvalue weighted by molar-refractivity contribution is 6.17. The molecule has 3 aliphatic rings. The summed E-state index contributed by atoms with van der Waals surface area (Å²) in [6, 6.07) is 15.5. The van der Waals surface area contributed by atoms with Crippen molar-refractivity contribution in [2.75, 3.05) is 69.1 Å². The summed E-state index contributed by atoms with van der Waals surface area (Å²) in [7, 11) is 0. The highest BCUT2D eigenvalue weighted by Gasteiger charge is 2.28. The van der Waals surface area contributed by atoms with Gasteiger partial charge < -0.3 is 34.8 Å². The highest BCUT2D eigenvalue weighted by atomic mass is 16.3. The summed E-state index contributed by atoms with van der Waals surface area (Å²) in [5.74, 6) is 0.511. The zero-order valence-corrected chi connectivity index (χ0v) is 24.3. The van der Waals surface area contributed by atoms with Crippen LogP contribution < -0.4 is 10.2 Å². The monoisotopic (exact) mass is 556 g/mol. The Balaban J connectivity index is 1.23. The molecule has 2 fully saturated rings. The lowest BCUT2D eigenvalue weighted by Gasteiger charge is -2.33. The summed E-state index contributed by atoms with van der Waals surface area (Å²) in [6.07, 6.45) is 3.24. The molecule has 218 valence electrons. The van der Waals surface area contributed by atoms with E-state index in [0.717, 1.165) is 108 Å². The second kappa shape index (κ2) is 11.4. The molecule has 0 spiro atoms. The maximum Gasteiger partial charge on any atom is 0.0988 e. The summed E-state index contributed by atoms with van der Waals surface area (Å²) in [4.78, 5) is 12.9. The van der Waals surface area contributed by atoms with Crippen LogP contribution in [0.4, 0.5) is 11.4 Å². The van der Waals surface area contributed by atoms with Crippen LogP contribution in [-0.4, -0.2) is 101 Å². The van der Waals surface area contributed by atoms with Crippen molar-refractivity contribution in [2.45, 2.75) is 51.4 Å². The smallest absolute Gasteiger partial charge is 0.0988 e. The zero-order valence-electron chi connectivity index (χ0n) is 24.3. The molecule has 4 aromatic rings. The van der Waals surface area contributed by atoms with Crippen molar-refractivity contribution in [1.29, 1.82) is 0 Å². The molecule has 0 amide bonds. The Labute approximate surface area is 242 Å². The van der Waals surface area contributed by atoms with Crippen molar-refractivity contribution in [3.63, 3.8) is 0 Å². The summed E-state index contributed by atoms with van der Waals surface area (Å²) < 4.78 is 2.52. The number of rotatable bonds is 7. The van der Waals surface area contributed by atoms with Crippen LogP contribution in [-0.2, 0) is 6.54 Å². The number of pyridine rings is 1. The summed E-state index contributed by atoms with van der Waals surface area (Å²) in [5, 5.41) is 25.9. The molecule has 2 aromatic carbocycles. The van der Waals surface area contributed by atoms with Gasteiger partial charge in [0.05, 0.1) is 40.0 Å². The van der Waals surface area contributed by atoms with Crippen LogP contribution in [0.1, 0.15) is 32.6 Å². The molecular formula is C33H44N6O2. The standard InChI is InChI=1S/C33H44N6O2/c1-23-21-38(19-18-37-15-10-26(41)11-16-37)32-27-7-6-24(34-12-17-36-13-8-25(40)9-14-36)20-29(27)35-31-28-4-2-3-5-30(28)39(22-23)33(31)32/h2-7,20,23,25-26,34,40-41H,8-19,21-22H2,1H3/t23-/m0/s1. The Bertz CT molecular complexity index is 1520. The number of anilines is 2. The van der Waals surface area contributed by atoms with Gasteiger partial charge in [-0.1, -0.05) is 25.1 Å². The fourth-order valence-corrected chi connectivity index (χ4v) is 7.28. The first-order valence-electron chi connectivity index (χ1n) is 15.7. The number of hydrogen-bond donors (Lipinski definition) is 3. The predicted molar refractivity (Wildman–Crippen MR) is 168 cm³/mol. The van der Waals surface area contributed by atoms with Crippen LogP contribution in [0.25, 0.3) is 32.8 Å². The maximum atomic E-state index is 10.0. The van der Waals surface area contributed by atoms with E-state index in [1.54, 1.807) is 0 Å². The molecule has 0 bridgehead atoms. The third kappa shape index (κ3) is 5.39. The zero-order chi connectivity index (χ0) is 27.9. The number of benzene rings is 2. The Morgan fingerprint density at radius 1 is 0.829 bits per heavy atom. The average molecular weight is 557 g/mol. The third-order valence-corrected chi connectivity index (χ3v) is 9.55. The molecule has 5 heterocycles. The van der Waals surface area contributed by atoms with E-state index in [4.69, 9.17) is 4.98 Å². The highest BCUT2D eigenvalue weighted by Crippen LogP contribution is 2.42. The van der Waals surface area contributed by atoms with Gasteiger partial charge in [0.15, 0.2) is 0 Å². The molecule has 41 heavy (non-hydrogen) atoms. The van der Waals surface area contributed by atoms with Gasteiger partial charge in [-0.3, -0.25) is 0 Å². The molecule has 0 radical (unpaired) electrons. The third-order valence-electron chi connectivity index (χ3n) is 9.55. The number of likely N-dealkylation sites (tertiary alicyclic amines) is 2. The van der Waals surface area contributed by atoms with Crippen molar-refractivity contribution in [3.8, 4) is 0 Å². The lowest BCUT2D eigenvalue weighted by atomic mass is 10.1. The first-order chi connectivity index (χ1) is 20.0. The first kappa shape index (κ1) is 27.0. The van der Waals surface area contributed by atoms with Crippen LogP contribution in [0, 0.1) is 5.92 Å². The minimum Gasteiger partial charge on any atom is -0.393 e. The number of hydrogen-bond acceptors (Lipinski definition) is 7. The Morgan fingerprint density at radius 3 is 2.29 bits per heavy atom. The van der Waals surface area contributed by atoms with E-state index in [9.17, 15) is 10.2 Å². The average Bonchev–Trinajstić information content (AvgIpc) is 3.19. The second-order valence-corrected chi connectivity index (χ2v) is 12.6. The topological polar surface area (TPSA) is 80.0 Å².